The van der Waals surface area contributed by atoms with Gasteiger partial charge in [-0.25, -0.2) is 17.7 Å². The number of H-pyrrole nitrogens is 1. The minimum Gasteiger partial charge on any atom is -0.508 e. The van der Waals surface area contributed by atoms with Crippen LogP contribution >= 0.6 is 0 Å². The molecule has 362 valence electrons. The molecular formula is C50H71N5O9S2. The molecule has 5 aromatic rings. The third-order valence-corrected chi connectivity index (χ3v) is 13.9. The van der Waals surface area contributed by atoms with E-state index in [1.165, 1.54) is 74.2 Å². The zero-order valence-electron chi connectivity index (χ0n) is 40.4. The van der Waals surface area contributed by atoms with Gasteiger partial charge in [-0.2, -0.15) is 8.93 Å². The number of benzene rings is 3. The van der Waals surface area contributed by atoms with E-state index in [0.29, 0.717) is 23.6 Å². The number of phenols is 1. The van der Waals surface area contributed by atoms with Crippen molar-refractivity contribution < 1.29 is 40.9 Å². The van der Waals surface area contributed by atoms with Crippen LogP contribution in [0.3, 0.4) is 0 Å². The van der Waals surface area contributed by atoms with E-state index in [9.17, 15) is 22.5 Å². The van der Waals surface area contributed by atoms with Crippen molar-refractivity contribution in [2.75, 3.05) is 13.2 Å². The van der Waals surface area contributed by atoms with E-state index < -0.39 is 39.2 Å². The average molecular weight is 950 g/mol. The Morgan fingerprint density at radius 2 is 1.44 bits per heavy atom. The lowest BCUT2D eigenvalue weighted by Gasteiger charge is -2.33. The smallest absolute Gasteiger partial charge is 0.347 e. The summed E-state index contributed by atoms with van der Waals surface area (Å²) >= 11 is -2.08. The van der Waals surface area contributed by atoms with E-state index in [0.717, 1.165) is 43.4 Å². The third kappa shape index (κ3) is 14.8. The molecule has 0 saturated heterocycles. The minimum atomic E-state index is -3.80. The van der Waals surface area contributed by atoms with Crippen LogP contribution < -0.4 is 18.4 Å². The van der Waals surface area contributed by atoms with Crippen LogP contribution in [0.5, 0.6) is 23.0 Å². The fourth-order valence-electron chi connectivity index (χ4n) is 8.00. The number of aromatic nitrogens is 4. The number of carbonyl (C=O) groups excluding carboxylic acids is 1. The zero-order valence-corrected chi connectivity index (χ0v) is 42.1. The molecule has 16 heteroatoms. The summed E-state index contributed by atoms with van der Waals surface area (Å²) in [5.41, 5.74) is 2.16. The number of nitrogens with zero attached hydrogens (tertiary/aromatic N) is 3. The van der Waals surface area contributed by atoms with Crippen molar-refractivity contribution in [2.24, 2.45) is 5.41 Å². The molecule has 66 heavy (non-hydrogen) atoms. The molecule has 0 saturated carbocycles. The Hall–Kier alpha value is -4.93. The van der Waals surface area contributed by atoms with Crippen LogP contribution in [-0.2, 0) is 41.5 Å². The van der Waals surface area contributed by atoms with E-state index in [-0.39, 0.29) is 56.5 Å². The van der Waals surface area contributed by atoms with Gasteiger partial charge >= 0.3 is 5.97 Å². The molecule has 2 heterocycles. The number of aromatic amines is 1. The topological polar surface area (TPSA) is 183 Å². The first-order valence-corrected chi connectivity index (χ1v) is 25.7. The van der Waals surface area contributed by atoms with E-state index in [2.05, 4.69) is 82.3 Å². The monoisotopic (exact) mass is 949 g/mol. The molecule has 3 N–H and O–H groups in total. The first-order chi connectivity index (χ1) is 31.1. The number of carbonyl (C=O) groups is 1. The molecule has 5 rings (SSSR count). The summed E-state index contributed by atoms with van der Waals surface area (Å²) in [6, 6.07) is 18.3. The van der Waals surface area contributed by atoms with Gasteiger partial charge in [0.2, 0.25) is 9.84 Å². The Bertz CT molecular complexity index is 2470. The van der Waals surface area contributed by atoms with Crippen molar-refractivity contribution in [1.82, 2.24) is 24.5 Å². The van der Waals surface area contributed by atoms with Crippen LogP contribution in [0.15, 0.2) is 82.6 Å². The van der Waals surface area contributed by atoms with Crippen molar-refractivity contribution in [2.45, 2.75) is 166 Å². The maximum atomic E-state index is 13.9. The van der Waals surface area contributed by atoms with Crippen molar-refractivity contribution in [3.8, 4) is 23.0 Å². The standard InChI is InChI=1S/C50H71N5O9S2/c1-11-12-13-14-15-16-17-18-19-42(47(57)62-31-30-61-38-23-27-40(28-24-38)66(59,60)39-25-21-37(56)22-26-39)63-41-29-20-36(50(9,10)34-48(3,4)5)32-43(41)64-65(58)54-35(2)46-52-51-45-33-44(49(6,7)8)53-55(45)46/h20-29,32-33,35,42,53-54,56H,11-19,30-31,34H2,1-10H3. The van der Waals surface area contributed by atoms with Gasteiger partial charge < -0.3 is 23.5 Å². The van der Waals surface area contributed by atoms with Crippen LogP contribution in [-0.4, -0.2) is 62.8 Å². The maximum Gasteiger partial charge on any atom is 0.347 e. The number of hydrogen-bond acceptors (Lipinski definition) is 11. The Morgan fingerprint density at radius 3 is 2.06 bits per heavy atom. The average Bonchev–Trinajstić information content (AvgIpc) is 3.85. The second-order valence-corrected chi connectivity index (χ2v) is 22.8. The van der Waals surface area contributed by atoms with Gasteiger partial charge in [-0.1, -0.05) is 113 Å². The Morgan fingerprint density at radius 1 is 0.818 bits per heavy atom. The summed E-state index contributed by atoms with van der Waals surface area (Å²) < 4.78 is 69.0. The highest BCUT2D eigenvalue weighted by atomic mass is 32.2. The van der Waals surface area contributed by atoms with Crippen molar-refractivity contribution in [3.05, 3.63) is 89.9 Å². The first kappa shape index (κ1) is 52.0. The van der Waals surface area contributed by atoms with Gasteiger partial charge in [-0.05, 0) is 103 Å². The normalized spacial score (nSPS) is 13.9. The molecular weight excluding hydrogens is 879 g/mol. The molecule has 0 amide bonds. The molecule has 0 aliphatic rings. The summed E-state index contributed by atoms with van der Waals surface area (Å²) in [6.45, 7) is 21.1. The van der Waals surface area contributed by atoms with Crippen molar-refractivity contribution >= 4 is 32.7 Å². The fourth-order valence-corrected chi connectivity index (χ4v) is 9.99. The minimum absolute atomic E-state index is 0.00733. The van der Waals surface area contributed by atoms with E-state index in [4.69, 9.17) is 18.4 Å². The lowest BCUT2D eigenvalue weighted by atomic mass is 9.72. The second kappa shape index (κ2) is 22.7. The van der Waals surface area contributed by atoms with Gasteiger partial charge in [0, 0.05) is 17.2 Å². The highest BCUT2D eigenvalue weighted by molar-refractivity contribution is 7.91. The van der Waals surface area contributed by atoms with Crippen LogP contribution in [0.2, 0.25) is 0 Å². The summed E-state index contributed by atoms with van der Waals surface area (Å²) in [5, 5.41) is 21.6. The number of sulfone groups is 1. The van der Waals surface area contributed by atoms with Crippen molar-refractivity contribution in [1.29, 1.82) is 0 Å². The summed E-state index contributed by atoms with van der Waals surface area (Å²) in [6.07, 6.45) is 8.86. The molecule has 2 aromatic heterocycles. The van der Waals surface area contributed by atoms with Crippen LogP contribution in [0.25, 0.3) is 5.65 Å². The SMILES string of the molecule is CCCCCCCCCCC(Oc1ccc(C(C)(C)CC(C)(C)C)cc1OS(=O)NC(C)c1nnc2cc(C(C)(C)C)[nH]n12)C(=O)OCCOc1ccc(S(=O)(=O)c2ccc(O)cc2)cc1. The number of fused-ring (bicyclic) bond motifs is 1. The highest BCUT2D eigenvalue weighted by Gasteiger charge is 2.31. The van der Waals surface area contributed by atoms with Gasteiger partial charge in [0.15, 0.2) is 29.1 Å². The molecule has 0 aliphatic carbocycles. The second-order valence-electron chi connectivity index (χ2n) is 20.0. The van der Waals surface area contributed by atoms with E-state index in [1.54, 1.807) is 10.6 Å². The quantitative estimate of drug-likeness (QED) is 0.0374. The molecule has 0 radical (unpaired) electrons. The zero-order chi connectivity index (χ0) is 48.3. The maximum absolute atomic E-state index is 13.9. The highest BCUT2D eigenvalue weighted by Crippen LogP contribution is 2.41. The molecule has 3 aromatic carbocycles. The van der Waals surface area contributed by atoms with Crippen LogP contribution in [0.1, 0.15) is 157 Å². The predicted molar refractivity (Wildman–Crippen MR) is 258 cm³/mol. The third-order valence-electron chi connectivity index (χ3n) is 11.3. The van der Waals surface area contributed by atoms with Crippen molar-refractivity contribution in [3.63, 3.8) is 0 Å². The number of esters is 1. The Balaban J connectivity index is 1.31. The number of rotatable bonds is 25. The van der Waals surface area contributed by atoms with Gasteiger partial charge in [0.05, 0.1) is 15.8 Å². The number of aromatic hydroxyl groups is 1. The molecule has 0 aliphatic heterocycles. The molecule has 14 nitrogen and oxygen atoms in total. The molecule has 3 unspecified atom stereocenters. The Labute approximate surface area is 394 Å². The number of nitrogens with one attached hydrogen (secondary N) is 2. The van der Waals surface area contributed by atoms with E-state index in [1.807, 2.05) is 25.1 Å². The van der Waals surface area contributed by atoms with Crippen LogP contribution in [0, 0.1) is 5.41 Å². The lowest BCUT2D eigenvalue weighted by Crippen LogP contribution is -2.31. The Kier molecular flexibility index (Phi) is 17.9. The fraction of sp³-hybridized carbons (Fsp3) is 0.540. The molecule has 3 atom stereocenters. The largest absolute Gasteiger partial charge is 0.508 e. The van der Waals surface area contributed by atoms with Gasteiger partial charge in [-0.3, -0.25) is 5.10 Å². The lowest BCUT2D eigenvalue weighted by molar-refractivity contribution is -0.153. The first-order valence-electron chi connectivity index (χ1n) is 23.1. The van der Waals surface area contributed by atoms with Gasteiger partial charge in [0.25, 0.3) is 11.3 Å². The summed E-state index contributed by atoms with van der Waals surface area (Å²) in [4.78, 5) is 14.0. The van der Waals surface area contributed by atoms with Crippen LogP contribution in [0.4, 0.5) is 0 Å². The van der Waals surface area contributed by atoms with E-state index >= 15 is 0 Å². The number of hydrogen-bond donors (Lipinski definition) is 3. The molecule has 0 bridgehead atoms. The number of ether oxygens (including phenoxy) is 3. The number of unbranched alkanes of at least 4 members (excludes halogenated alkanes) is 7. The molecule has 0 fully saturated rings. The summed E-state index contributed by atoms with van der Waals surface area (Å²) in [5.74, 6) is 0.772. The predicted octanol–water partition coefficient (Wildman–Crippen LogP) is 10.8. The van der Waals surface area contributed by atoms with Gasteiger partial charge in [0.1, 0.15) is 24.7 Å². The number of phenolic OH excluding ortho intramolecular Hbond substituents is 1. The molecule has 0 spiro atoms. The van der Waals surface area contributed by atoms with Gasteiger partial charge in [-0.15, -0.1) is 10.2 Å². The summed E-state index contributed by atoms with van der Waals surface area (Å²) in [7, 11) is -3.80.